The van der Waals surface area contributed by atoms with Gasteiger partial charge in [-0.2, -0.15) is 0 Å². The van der Waals surface area contributed by atoms with Crippen molar-refractivity contribution in [1.29, 1.82) is 0 Å². The molecule has 0 aromatic carbocycles. The number of aliphatic hydroxyl groups excluding tert-OH is 1. The molecule has 4 aliphatic carbocycles. The van der Waals surface area contributed by atoms with Gasteiger partial charge in [-0.05, 0) is 0 Å². The van der Waals surface area contributed by atoms with Crippen molar-refractivity contribution in [2.24, 2.45) is 17.8 Å². The van der Waals surface area contributed by atoms with Crippen molar-refractivity contribution in [1.82, 2.24) is 0 Å². The van der Waals surface area contributed by atoms with Crippen LogP contribution in [0.5, 0.6) is 0 Å². The maximum atomic E-state index is 10.2. The van der Waals surface area contributed by atoms with Crippen molar-refractivity contribution >= 4 is 18.4 Å². The summed E-state index contributed by atoms with van der Waals surface area (Å²) in [6.45, 7) is 0. The van der Waals surface area contributed by atoms with Crippen LogP contribution >= 0.6 is 0 Å². The Kier molecular flexibility index (Phi) is 2.29. The van der Waals surface area contributed by atoms with E-state index in [4.69, 9.17) is 0 Å². The van der Waals surface area contributed by atoms with E-state index in [9.17, 15) is 5.11 Å². The van der Waals surface area contributed by atoms with Gasteiger partial charge < -0.3 is 0 Å². The van der Waals surface area contributed by atoms with Crippen LogP contribution in [0.15, 0.2) is 0 Å². The Hall–Kier alpha value is 0.759. The van der Waals surface area contributed by atoms with E-state index in [1.165, 1.54) is 32.1 Å². The summed E-state index contributed by atoms with van der Waals surface area (Å²) in [6.07, 6.45) is 7.08. The molecule has 1 N–H and O–H groups in total. The molecule has 4 aliphatic rings. The molecule has 4 saturated carbocycles. The minimum absolute atomic E-state index is 0.0725. The van der Waals surface area contributed by atoms with Crippen LogP contribution in [0.4, 0.5) is 0 Å². The van der Waals surface area contributed by atoms with E-state index < -0.39 is 18.4 Å². The molecular weight excluding hydrogens is 291 g/mol. The molecule has 2 heteroatoms. The van der Waals surface area contributed by atoms with Crippen LogP contribution in [-0.4, -0.2) is 29.6 Å². The van der Waals surface area contributed by atoms with E-state index in [-0.39, 0.29) is 6.10 Å². The third-order valence-corrected chi connectivity index (χ3v) is 16.6. The fourth-order valence-corrected chi connectivity index (χ4v) is 12.5. The number of hydrogen-bond acceptors (Lipinski definition) is 1. The van der Waals surface area contributed by atoms with Crippen molar-refractivity contribution in [3.8, 4) is 0 Å². The first-order valence-electron chi connectivity index (χ1n) is 6.59. The third kappa shape index (κ3) is 1.45. The predicted molar refractivity (Wildman–Crippen MR) is 65.6 cm³/mol. The summed E-state index contributed by atoms with van der Waals surface area (Å²) in [5, 5.41) is 10.2. The summed E-state index contributed by atoms with van der Waals surface area (Å²) in [5.41, 5.74) is 0. The first-order chi connectivity index (χ1) is 6.91. The van der Waals surface area contributed by atoms with Crippen LogP contribution in [0, 0.1) is 17.8 Å². The van der Waals surface area contributed by atoms with Crippen molar-refractivity contribution in [2.45, 2.75) is 56.5 Å². The standard InChI is InChI=1S/C10H15O.3CH3.Sn/c11-10-8-2-6-1-7(4-8)5-9(10)3-6;;;;/h6,8-11H,1-5H2;3*1H3;/t6?,8-,9+,10?;;;;. The summed E-state index contributed by atoms with van der Waals surface area (Å²) < 4.78 is 0.768. The van der Waals surface area contributed by atoms with Gasteiger partial charge in [-0.3, -0.25) is 0 Å². The van der Waals surface area contributed by atoms with E-state index in [1.807, 2.05) is 0 Å². The molecule has 0 amide bonds. The van der Waals surface area contributed by atoms with Gasteiger partial charge in [0.1, 0.15) is 0 Å². The molecule has 4 rings (SSSR count). The van der Waals surface area contributed by atoms with Crippen molar-refractivity contribution in [3.05, 3.63) is 0 Å². The first-order valence-corrected chi connectivity index (χ1v) is 16.6. The SMILES string of the molecule is [CH3][Sn]([CH3])([CH3])[C]12CC3C[C@H](C1)C(O)[C@@H](C3)C2. The number of aliphatic hydroxyl groups is 1. The van der Waals surface area contributed by atoms with Gasteiger partial charge in [0.25, 0.3) is 0 Å². The van der Waals surface area contributed by atoms with Crippen molar-refractivity contribution in [3.63, 3.8) is 0 Å². The molecule has 0 aromatic rings. The fourth-order valence-electron chi connectivity index (χ4n) is 4.92. The molecular formula is C13H24OSn. The van der Waals surface area contributed by atoms with Gasteiger partial charge in [0.15, 0.2) is 0 Å². The third-order valence-electron chi connectivity index (χ3n) is 5.81. The molecule has 0 spiro atoms. The van der Waals surface area contributed by atoms with E-state index >= 15 is 0 Å². The topological polar surface area (TPSA) is 20.2 Å². The Morgan fingerprint density at radius 3 is 2.00 bits per heavy atom. The predicted octanol–water partition coefficient (Wildman–Crippen LogP) is 3.27. The average Bonchev–Trinajstić information content (AvgIpc) is 2.10. The van der Waals surface area contributed by atoms with E-state index in [2.05, 4.69) is 14.8 Å². The van der Waals surface area contributed by atoms with E-state index in [1.54, 1.807) is 0 Å². The molecule has 5 atom stereocenters. The van der Waals surface area contributed by atoms with Gasteiger partial charge in [0, 0.05) is 0 Å². The van der Waals surface area contributed by atoms with Gasteiger partial charge in [0.2, 0.25) is 0 Å². The zero-order valence-corrected chi connectivity index (χ0v) is 13.1. The second-order valence-electron chi connectivity index (χ2n) is 7.49. The van der Waals surface area contributed by atoms with Crippen molar-refractivity contribution < 1.29 is 5.11 Å². The zero-order chi connectivity index (χ0) is 10.8. The second-order valence-corrected chi connectivity index (χ2v) is 23.4. The van der Waals surface area contributed by atoms with Crippen LogP contribution in [0.25, 0.3) is 0 Å². The molecule has 3 unspecified atom stereocenters. The van der Waals surface area contributed by atoms with Crippen LogP contribution in [-0.2, 0) is 0 Å². The summed E-state index contributed by atoms with van der Waals surface area (Å²) in [6, 6.07) is 0. The Morgan fingerprint density at radius 2 is 1.53 bits per heavy atom. The monoisotopic (exact) mass is 316 g/mol. The van der Waals surface area contributed by atoms with Gasteiger partial charge in [0.05, 0.1) is 0 Å². The van der Waals surface area contributed by atoms with Gasteiger partial charge >= 0.3 is 97.7 Å². The summed E-state index contributed by atoms with van der Waals surface area (Å²) in [5.74, 6) is 2.36. The molecule has 0 heterocycles. The Morgan fingerprint density at radius 1 is 1.00 bits per heavy atom. The summed E-state index contributed by atoms with van der Waals surface area (Å²) >= 11 is -1.81. The van der Waals surface area contributed by atoms with Crippen molar-refractivity contribution in [2.75, 3.05) is 0 Å². The number of hydrogen-bond donors (Lipinski definition) is 1. The second kappa shape index (κ2) is 3.15. The molecule has 0 saturated heterocycles. The normalized spacial score (nSPS) is 53.6. The molecule has 15 heavy (non-hydrogen) atoms. The summed E-state index contributed by atoms with van der Waals surface area (Å²) in [7, 11) is 0. The Bertz CT molecular complexity index is 265. The molecule has 0 aromatic heterocycles. The molecule has 1 nitrogen and oxygen atoms in total. The Balaban J connectivity index is 1.96. The zero-order valence-electron chi connectivity index (χ0n) is 10.3. The van der Waals surface area contributed by atoms with Crippen LogP contribution in [0.1, 0.15) is 32.1 Å². The maximum absolute atomic E-state index is 10.2. The van der Waals surface area contributed by atoms with E-state index in [0.29, 0.717) is 11.8 Å². The first kappa shape index (κ1) is 10.9. The van der Waals surface area contributed by atoms with Crippen LogP contribution in [0.2, 0.25) is 18.2 Å². The molecule has 86 valence electrons. The van der Waals surface area contributed by atoms with Crippen LogP contribution in [0.3, 0.4) is 0 Å². The van der Waals surface area contributed by atoms with Gasteiger partial charge in [-0.25, -0.2) is 0 Å². The quantitative estimate of drug-likeness (QED) is 0.737. The minimum atomic E-state index is -1.81. The molecule has 4 bridgehead atoms. The van der Waals surface area contributed by atoms with Crippen LogP contribution < -0.4 is 0 Å². The fraction of sp³-hybridized carbons (Fsp3) is 1.00. The average molecular weight is 315 g/mol. The van der Waals surface area contributed by atoms with Gasteiger partial charge in [-0.15, -0.1) is 0 Å². The van der Waals surface area contributed by atoms with E-state index in [0.717, 1.165) is 9.35 Å². The van der Waals surface area contributed by atoms with Gasteiger partial charge in [-0.1, -0.05) is 0 Å². The summed E-state index contributed by atoms with van der Waals surface area (Å²) in [4.78, 5) is 7.86. The Labute approximate surface area is 97.5 Å². The molecule has 0 aliphatic heterocycles. The molecule has 4 fully saturated rings. The number of rotatable bonds is 1. The molecule has 0 radical (unpaired) electrons.